The smallest absolute Gasteiger partial charge is 0.265 e. The lowest BCUT2D eigenvalue weighted by Crippen LogP contribution is -2.29. The van der Waals surface area contributed by atoms with Gasteiger partial charge in [0, 0.05) is 0 Å². The van der Waals surface area contributed by atoms with Gasteiger partial charge >= 0.3 is 0 Å². The first-order valence-corrected chi connectivity index (χ1v) is 6.72. The molecule has 0 bridgehead atoms. The van der Waals surface area contributed by atoms with Crippen molar-refractivity contribution in [3.8, 4) is 0 Å². The average molecular weight is 271 g/mol. The SMILES string of the molecule is C=C/C=C1\C(=N)N=CN(P)C1=O.CC.CC.CC. The second-order valence-electron chi connectivity index (χ2n) is 2.12. The van der Waals surface area contributed by atoms with Crippen molar-refractivity contribution >= 4 is 27.5 Å². The van der Waals surface area contributed by atoms with Crippen LogP contribution in [-0.2, 0) is 4.79 Å². The molecule has 0 aromatic heterocycles. The predicted octanol–water partition coefficient (Wildman–Crippen LogP) is 3.82. The summed E-state index contributed by atoms with van der Waals surface area (Å²) in [6, 6.07) is 0. The number of hydrogen-bond acceptors (Lipinski definition) is 2. The predicted molar refractivity (Wildman–Crippen MR) is 85.1 cm³/mol. The molecule has 18 heavy (non-hydrogen) atoms. The molecule has 1 rings (SSSR count). The van der Waals surface area contributed by atoms with Crippen LogP contribution in [0.25, 0.3) is 0 Å². The second kappa shape index (κ2) is 15.7. The third kappa shape index (κ3) is 7.91. The normalized spacial score (nSPS) is 14.6. The van der Waals surface area contributed by atoms with E-state index >= 15 is 0 Å². The molecule has 0 radical (unpaired) electrons. The van der Waals surface area contributed by atoms with Crippen LogP contribution in [0.1, 0.15) is 41.5 Å². The van der Waals surface area contributed by atoms with Crippen LogP contribution in [-0.4, -0.2) is 22.8 Å². The van der Waals surface area contributed by atoms with E-state index < -0.39 is 0 Å². The quantitative estimate of drug-likeness (QED) is 0.572. The van der Waals surface area contributed by atoms with E-state index in [9.17, 15) is 4.79 Å². The van der Waals surface area contributed by atoms with E-state index in [1.54, 1.807) is 0 Å². The van der Waals surface area contributed by atoms with Gasteiger partial charge in [-0.3, -0.25) is 14.9 Å². The molecule has 1 amide bonds. The number of carbonyl (C=O) groups excluding carboxylic acids is 1. The van der Waals surface area contributed by atoms with Gasteiger partial charge < -0.3 is 0 Å². The minimum Gasteiger partial charge on any atom is -0.283 e. The summed E-state index contributed by atoms with van der Waals surface area (Å²) < 4.78 is 1.24. The Hall–Kier alpha value is -1.28. The Morgan fingerprint density at radius 3 is 2.11 bits per heavy atom. The highest BCUT2D eigenvalue weighted by Gasteiger charge is 2.20. The second-order valence-corrected chi connectivity index (χ2v) is 2.68. The molecule has 1 atom stereocenters. The van der Waals surface area contributed by atoms with Crippen LogP contribution in [0.5, 0.6) is 0 Å². The number of nitrogens with one attached hydrogen (secondary N) is 1. The van der Waals surface area contributed by atoms with Gasteiger partial charge in [-0.2, -0.15) is 0 Å². The minimum atomic E-state index is -0.264. The van der Waals surface area contributed by atoms with Crippen LogP contribution in [0, 0.1) is 5.41 Å². The van der Waals surface area contributed by atoms with Crippen molar-refractivity contribution in [1.29, 1.82) is 5.41 Å². The zero-order chi connectivity index (χ0) is 15.1. The van der Waals surface area contributed by atoms with Gasteiger partial charge in [-0.1, -0.05) is 54.2 Å². The summed E-state index contributed by atoms with van der Waals surface area (Å²) in [6.45, 7) is 15.4. The van der Waals surface area contributed by atoms with E-state index in [4.69, 9.17) is 5.41 Å². The van der Waals surface area contributed by atoms with E-state index in [1.165, 1.54) is 23.2 Å². The van der Waals surface area contributed by atoms with Crippen molar-refractivity contribution < 1.29 is 4.79 Å². The molecule has 4 nitrogen and oxygen atoms in total. The van der Waals surface area contributed by atoms with Crippen molar-refractivity contribution in [2.45, 2.75) is 41.5 Å². The summed E-state index contributed by atoms with van der Waals surface area (Å²) in [7, 11) is 2.20. The lowest BCUT2D eigenvalue weighted by Gasteiger charge is -2.16. The first-order valence-electron chi connectivity index (χ1n) is 6.21. The molecule has 0 fully saturated rings. The van der Waals surface area contributed by atoms with Crippen LogP contribution in [0.15, 0.2) is 29.3 Å². The Kier molecular flexibility index (Phi) is 19.2. The summed E-state index contributed by atoms with van der Waals surface area (Å²) in [6.07, 6.45) is 4.22. The van der Waals surface area contributed by atoms with Gasteiger partial charge in [0.15, 0.2) is 5.84 Å². The zero-order valence-electron chi connectivity index (χ0n) is 12.3. The molecule has 0 aromatic carbocycles. The fourth-order valence-corrected chi connectivity index (χ4v) is 0.956. The maximum absolute atomic E-state index is 11.3. The van der Waals surface area contributed by atoms with Crippen LogP contribution >= 0.6 is 9.39 Å². The fraction of sp³-hybridized carbons (Fsp3) is 0.462. The Labute approximate surface area is 114 Å². The highest BCUT2D eigenvalue weighted by atomic mass is 31.0. The third-order valence-electron chi connectivity index (χ3n) is 1.32. The van der Waals surface area contributed by atoms with Gasteiger partial charge in [0.2, 0.25) is 0 Å². The molecule has 5 heteroatoms. The molecule has 0 spiro atoms. The van der Waals surface area contributed by atoms with Crippen molar-refractivity contribution in [3.05, 3.63) is 24.3 Å². The maximum Gasteiger partial charge on any atom is 0.265 e. The lowest BCUT2D eigenvalue weighted by molar-refractivity contribution is -0.119. The summed E-state index contributed by atoms with van der Waals surface area (Å²) in [5.41, 5.74) is 0.252. The van der Waals surface area contributed by atoms with E-state index in [0.717, 1.165) is 0 Å². The fourth-order valence-electron chi connectivity index (χ4n) is 0.750. The molecule has 1 aliphatic heterocycles. The minimum absolute atomic E-state index is 0.0291. The van der Waals surface area contributed by atoms with Gasteiger partial charge in [0.05, 0.1) is 5.57 Å². The molecular weight excluding hydrogens is 245 g/mol. The molecule has 0 saturated carbocycles. The Morgan fingerprint density at radius 2 is 1.72 bits per heavy atom. The number of hydrogen-bond donors (Lipinski definition) is 1. The third-order valence-corrected chi connectivity index (χ3v) is 1.68. The largest absolute Gasteiger partial charge is 0.283 e. The average Bonchev–Trinajstić information content (AvgIpc) is 2.46. The number of amidine groups is 1. The summed E-state index contributed by atoms with van der Waals surface area (Å²) in [4.78, 5) is 15.0. The molecule has 0 aliphatic carbocycles. The number of allylic oxidation sites excluding steroid dienone is 2. The van der Waals surface area contributed by atoms with Gasteiger partial charge in [-0.05, 0) is 15.5 Å². The molecule has 1 aliphatic rings. The van der Waals surface area contributed by atoms with Crippen LogP contribution < -0.4 is 0 Å². The van der Waals surface area contributed by atoms with Crippen LogP contribution in [0.3, 0.4) is 0 Å². The zero-order valence-corrected chi connectivity index (χ0v) is 13.5. The van der Waals surface area contributed by atoms with Crippen molar-refractivity contribution in [2.75, 3.05) is 0 Å². The number of aliphatic imine (C=N–C) groups is 1. The van der Waals surface area contributed by atoms with E-state index in [-0.39, 0.29) is 17.3 Å². The van der Waals surface area contributed by atoms with E-state index in [2.05, 4.69) is 21.0 Å². The van der Waals surface area contributed by atoms with Crippen molar-refractivity contribution in [1.82, 2.24) is 4.67 Å². The summed E-state index contributed by atoms with van der Waals surface area (Å²) in [5.74, 6) is -0.293. The monoisotopic (exact) mass is 271 g/mol. The molecule has 0 saturated heterocycles. The summed E-state index contributed by atoms with van der Waals surface area (Å²) in [5, 5.41) is 7.30. The van der Waals surface area contributed by atoms with Gasteiger partial charge in [-0.15, -0.1) is 0 Å². The first-order chi connectivity index (χ1) is 8.66. The molecule has 1 heterocycles. The van der Waals surface area contributed by atoms with Gasteiger partial charge in [-0.25, -0.2) is 4.99 Å². The van der Waals surface area contributed by atoms with Crippen LogP contribution in [0.2, 0.25) is 0 Å². The standard InChI is InChI=1S/C7H8N3OP.3C2H6/c1-2-3-5-6(8)9-4-10(12)7(5)11;3*1-2/h2-4,8H,1,12H2;3*1-2H3/b5-3+,8-6?;;;. The number of amides is 1. The van der Waals surface area contributed by atoms with E-state index in [1.807, 2.05) is 41.5 Å². The van der Waals surface area contributed by atoms with Crippen LogP contribution in [0.4, 0.5) is 0 Å². The molecular formula is C13H26N3OP. The molecule has 0 aromatic rings. The molecule has 104 valence electrons. The highest BCUT2D eigenvalue weighted by molar-refractivity contribution is 7.16. The lowest BCUT2D eigenvalue weighted by atomic mass is 10.2. The van der Waals surface area contributed by atoms with Gasteiger partial charge in [0.1, 0.15) is 6.34 Å². The molecule has 1 unspecified atom stereocenters. The number of nitrogens with zero attached hydrogens (tertiary/aromatic N) is 2. The van der Waals surface area contributed by atoms with Gasteiger partial charge in [0.25, 0.3) is 5.91 Å². The van der Waals surface area contributed by atoms with Crippen molar-refractivity contribution in [2.24, 2.45) is 4.99 Å². The highest BCUT2D eigenvalue weighted by Crippen LogP contribution is 2.12. The van der Waals surface area contributed by atoms with Crippen molar-refractivity contribution in [3.63, 3.8) is 0 Å². The van der Waals surface area contributed by atoms with E-state index in [0.29, 0.717) is 0 Å². The maximum atomic E-state index is 11.3. The number of rotatable bonds is 1. The number of carbonyl (C=O) groups is 1. The topological polar surface area (TPSA) is 56.5 Å². The Balaban J connectivity index is -0.000000328. The molecule has 1 N–H and O–H groups in total. The summed E-state index contributed by atoms with van der Waals surface area (Å²) >= 11 is 0. The first kappa shape index (κ1) is 21.9. The Morgan fingerprint density at radius 1 is 1.28 bits per heavy atom. The Bertz CT molecular complexity index is 309.